The van der Waals surface area contributed by atoms with Crippen LogP contribution in [0.4, 0.5) is 13.2 Å². The summed E-state index contributed by atoms with van der Waals surface area (Å²) in [6.45, 7) is 4.93. The summed E-state index contributed by atoms with van der Waals surface area (Å²) in [4.78, 5) is 12.5. The molecule has 0 aliphatic carbocycles. The monoisotopic (exact) mass is 380 g/mol. The molecule has 7 heteroatoms. The number of fused-ring (bicyclic) bond motifs is 1. The van der Waals surface area contributed by atoms with Crippen LogP contribution in [-0.2, 0) is 12.7 Å². The molecular formula is C19H19F3N2OS. The number of nitrogens with one attached hydrogen (secondary N) is 1. The molecule has 0 spiro atoms. The Morgan fingerprint density at radius 2 is 1.88 bits per heavy atom. The number of nitrogens with zero attached hydrogens (tertiary/aromatic N) is 1. The van der Waals surface area contributed by atoms with E-state index in [0.29, 0.717) is 30.3 Å². The van der Waals surface area contributed by atoms with Crippen molar-refractivity contribution in [1.82, 2.24) is 9.88 Å². The fraction of sp³-hybridized carbons (Fsp3) is 0.316. The van der Waals surface area contributed by atoms with Gasteiger partial charge in [-0.3, -0.25) is 4.79 Å². The second-order valence-electron chi connectivity index (χ2n) is 6.58. The smallest absolute Gasteiger partial charge is 0.351 e. The quantitative estimate of drug-likeness (QED) is 0.652. The highest BCUT2D eigenvalue weighted by atomic mass is 32.1. The molecule has 3 rings (SSSR count). The third-order valence-corrected chi connectivity index (χ3v) is 4.90. The number of carbonyl (C=O) groups excluding carboxylic acids is 1. The molecule has 0 bridgehead atoms. The van der Waals surface area contributed by atoms with Crippen LogP contribution >= 0.6 is 11.3 Å². The molecule has 138 valence electrons. The van der Waals surface area contributed by atoms with E-state index in [2.05, 4.69) is 5.32 Å². The van der Waals surface area contributed by atoms with Crippen LogP contribution in [0.1, 0.15) is 35.5 Å². The standard InChI is InChI=1S/C19H19F3N2OS/c1-12(2)10-23-18(25)16-9-17-15(7-8-26-17)24(16)11-13-3-5-14(6-4-13)19(20,21)22/h3-9,12H,10-11H2,1-2H3,(H,23,25). The number of amides is 1. The third kappa shape index (κ3) is 3.93. The Hall–Kier alpha value is -2.28. The molecule has 3 nitrogen and oxygen atoms in total. The van der Waals surface area contributed by atoms with Crippen molar-refractivity contribution < 1.29 is 18.0 Å². The Balaban J connectivity index is 1.90. The van der Waals surface area contributed by atoms with Crippen molar-refractivity contribution in [3.05, 3.63) is 58.6 Å². The van der Waals surface area contributed by atoms with E-state index in [1.165, 1.54) is 23.5 Å². The lowest BCUT2D eigenvalue weighted by atomic mass is 10.1. The Kier molecular flexibility index (Phi) is 5.09. The van der Waals surface area contributed by atoms with Crippen LogP contribution in [0.5, 0.6) is 0 Å². The summed E-state index contributed by atoms with van der Waals surface area (Å²) in [5.74, 6) is 0.160. The number of rotatable bonds is 5. The van der Waals surface area contributed by atoms with E-state index in [0.717, 1.165) is 22.3 Å². The van der Waals surface area contributed by atoms with Gasteiger partial charge in [0.2, 0.25) is 0 Å². The van der Waals surface area contributed by atoms with Crippen LogP contribution in [0, 0.1) is 5.92 Å². The number of thiophene rings is 1. The number of benzene rings is 1. The Morgan fingerprint density at radius 3 is 2.50 bits per heavy atom. The molecule has 0 atom stereocenters. The summed E-state index contributed by atoms with van der Waals surface area (Å²) in [5, 5.41) is 4.83. The van der Waals surface area contributed by atoms with Gasteiger partial charge in [0, 0.05) is 13.1 Å². The Bertz CT molecular complexity index is 907. The first-order valence-corrected chi connectivity index (χ1v) is 9.14. The highest BCUT2D eigenvalue weighted by Gasteiger charge is 2.30. The molecule has 3 aromatic rings. The maximum Gasteiger partial charge on any atom is 0.416 e. The van der Waals surface area contributed by atoms with Crippen LogP contribution in [-0.4, -0.2) is 17.0 Å². The summed E-state index contributed by atoms with van der Waals surface area (Å²) in [5.41, 5.74) is 1.46. The normalized spacial score (nSPS) is 12.1. The first-order valence-electron chi connectivity index (χ1n) is 8.27. The average molecular weight is 380 g/mol. The van der Waals surface area contributed by atoms with Gasteiger partial charge in [-0.15, -0.1) is 11.3 Å². The fourth-order valence-corrected chi connectivity index (χ4v) is 3.53. The van der Waals surface area contributed by atoms with Gasteiger partial charge >= 0.3 is 6.18 Å². The summed E-state index contributed by atoms with van der Waals surface area (Å²) in [6.07, 6.45) is -4.35. The molecule has 0 saturated heterocycles. The van der Waals surface area contributed by atoms with Crippen LogP contribution in [0.3, 0.4) is 0 Å². The van der Waals surface area contributed by atoms with Crippen LogP contribution in [0.15, 0.2) is 41.8 Å². The Morgan fingerprint density at radius 1 is 1.19 bits per heavy atom. The van der Waals surface area contributed by atoms with Gasteiger partial charge in [0.25, 0.3) is 5.91 Å². The van der Waals surface area contributed by atoms with E-state index in [1.54, 1.807) is 0 Å². The van der Waals surface area contributed by atoms with Gasteiger partial charge in [0.1, 0.15) is 5.69 Å². The minimum atomic E-state index is -4.35. The molecule has 0 aliphatic heterocycles. The van der Waals surface area contributed by atoms with E-state index < -0.39 is 11.7 Å². The molecule has 2 heterocycles. The SMILES string of the molecule is CC(C)CNC(=O)c1cc2sccc2n1Cc1ccc(C(F)(F)F)cc1. The van der Waals surface area contributed by atoms with Crippen molar-refractivity contribution in [3.8, 4) is 0 Å². The molecule has 0 unspecified atom stereocenters. The van der Waals surface area contributed by atoms with Gasteiger partial charge in [0.15, 0.2) is 0 Å². The highest BCUT2D eigenvalue weighted by molar-refractivity contribution is 7.17. The van der Waals surface area contributed by atoms with Gasteiger partial charge in [-0.1, -0.05) is 26.0 Å². The molecule has 1 aromatic carbocycles. The molecule has 2 aromatic heterocycles. The first-order chi connectivity index (χ1) is 12.3. The number of hydrogen-bond acceptors (Lipinski definition) is 2. The highest BCUT2D eigenvalue weighted by Crippen LogP contribution is 2.30. The lowest BCUT2D eigenvalue weighted by molar-refractivity contribution is -0.137. The van der Waals surface area contributed by atoms with Gasteiger partial charge < -0.3 is 9.88 Å². The van der Waals surface area contributed by atoms with E-state index >= 15 is 0 Å². The number of hydrogen-bond donors (Lipinski definition) is 1. The number of aromatic nitrogens is 1. The van der Waals surface area contributed by atoms with Gasteiger partial charge in [-0.2, -0.15) is 13.2 Å². The summed E-state index contributed by atoms with van der Waals surface area (Å²) in [7, 11) is 0. The largest absolute Gasteiger partial charge is 0.416 e. The zero-order valence-electron chi connectivity index (χ0n) is 14.4. The minimum Gasteiger partial charge on any atom is -0.351 e. The third-order valence-electron chi connectivity index (χ3n) is 4.05. The predicted molar refractivity (Wildman–Crippen MR) is 97.5 cm³/mol. The molecule has 26 heavy (non-hydrogen) atoms. The van der Waals surface area contributed by atoms with Crippen molar-refractivity contribution in [1.29, 1.82) is 0 Å². The van der Waals surface area contributed by atoms with E-state index in [1.807, 2.05) is 35.9 Å². The number of carbonyl (C=O) groups is 1. The predicted octanol–water partition coefficient (Wildman–Crippen LogP) is 5.16. The average Bonchev–Trinajstić information content (AvgIpc) is 3.15. The van der Waals surface area contributed by atoms with Crippen LogP contribution < -0.4 is 5.32 Å². The molecule has 0 aliphatic rings. The van der Waals surface area contributed by atoms with Crippen molar-refractivity contribution in [3.63, 3.8) is 0 Å². The topological polar surface area (TPSA) is 34.0 Å². The van der Waals surface area contributed by atoms with Gasteiger partial charge in [-0.05, 0) is 41.1 Å². The zero-order valence-corrected chi connectivity index (χ0v) is 15.2. The van der Waals surface area contributed by atoms with Gasteiger partial charge in [0.05, 0.1) is 15.8 Å². The Labute approximate surface area is 153 Å². The van der Waals surface area contributed by atoms with Gasteiger partial charge in [-0.25, -0.2) is 0 Å². The van der Waals surface area contributed by atoms with E-state index in [4.69, 9.17) is 0 Å². The molecule has 0 radical (unpaired) electrons. The molecule has 1 N–H and O–H groups in total. The van der Waals surface area contributed by atoms with Crippen LogP contribution in [0.25, 0.3) is 10.2 Å². The zero-order chi connectivity index (χ0) is 18.9. The minimum absolute atomic E-state index is 0.172. The summed E-state index contributed by atoms with van der Waals surface area (Å²) >= 11 is 1.53. The van der Waals surface area contributed by atoms with Crippen molar-refractivity contribution >= 4 is 27.5 Å². The lowest BCUT2D eigenvalue weighted by Crippen LogP contribution is -2.29. The molecule has 1 amide bonds. The molecular weight excluding hydrogens is 361 g/mol. The number of halogens is 3. The maximum absolute atomic E-state index is 12.7. The lowest BCUT2D eigenvalue weighted by Gasteiger charge is -2.13. The maximum atomic E-state index is 12.7. The summed E-state index contributed by atoms with van der Waals surface area (Å²) < 4.78 is 41.0. The summed E-state index contributed by atoms with van der Waals surface area (Å²) in [6, 6.07) is 8.81. The second kappa shape index (κ2) is 7.15. The molecule has 0 fully saturated rings. The molecule has 0 saturated carbocycles. The number of alkyl halides is 3. The van der Waals surface area contributed by atoms with E-state index in [9.17, 15) is 18.0 Å². The van der Waals surface area contributed by atoms with Crippen molar-refractivity contribution in [2.45, 2.75) is 26.6 Å². The van der Waals surface area contributed by atoms with Crippen molar-refractivity contribution in [2.75, 3.05) is 6.54 Å². The first kappa shape index (κ1) is 18.5. The fourth-order valence-electron chi connectivity index (χ4n) is 2.70. The van der Waals surface area contributed by atoms with Crippen molar-refractivity contribution in [2.24, 2.45) is 5.92 Å². The second-order valence-corrected chi connectivity index (χ2v) is 7.53. The van der Waals surface area contributed by atoms with Crippen LogP contribution in [0.2, 0.25) is 0 Å². The van der Waals surface area contributed by atoms with E-state index in [-0.39, 0.29) is 5.91 Å².